The smallest absolute Gasteiger partial charge is 0.338 e. The topological polar surface area (TPSA) is 73.8 Å². The predicted octanol–water partition coefficient (Wildman–Crippen LogP) is 4.96. The normalized spacial score (nSPS) is 15.6. The third kappa shape index (κ3) is 4.52. The molecule has 2 aromatic heterocycles. The molecule has 0 fully saturated rings. The van der Waals surface area contributed by atoms with Crippen LogP contribution in [0.15, 0.2) is 90.6 Å². The van der Waals surface area contributed by atoms with Crippen molar-refractivity contribution in [3.05, 3.63) is 113 Å². The van der Waals surface area contributed by atoms with Crippen LogP contribution in [0.4, 0.5) is 4.39 Å². The zero-order valence-corrected chi connectivity index (χ0v) is 21.7. The third-order valence-corrected chi connectivity index (χ3v) is 7.22. The second-order valence-corrected chi connectivity index (χ2v) is 9.99. The number of halogens is 2. The van der Waals surface area contributed by atoms with E-state index in [2.05, 4.69) is 20.9 Å². The molecule has 1 aliphatic heterocycles. The molecule has 0 saturated carbocycles. The van der Waals surface area contributed by atoms with E-state index in [9.17, 15) is 14.0 Å². The van der Waals surface area contributed by atoms with Crippen LogP contribution < -0.4 is 14.9 Å². The van der Waals surface area contributed by atoms with Crippen LogP contribution in [0.25, 0.3) is 17.4 Å². The van der Waals surface area contributed by atoms with Gasteiger partial charge in [-0.2, -0.15) is 0 Å². The largest absolute Gasteiger partial charge is 0.463 e. The van der Waals surface area contributed by atoms with Gasteiger partial charge in [-0.3, -0.25) is 9.36 Å². The van der Waals surface area contributed by atoms with Crippen LogP contribution in [0.5, 0.6) is 0 Å². The van der Waals surface area contributed by atoms with Crippen molar-refractivity contribution < 1.29 is 18.3 Å². The number of furan rings is 1. The summed E-state index contributed by atoms with van der Waals surface area (Å²) in [7, 11) is 0. The summed E-state index contributed by atoms with van der Waals surface area (Å²) >= 11 is 4.63. The minimum absolute atomic E-state index is 0.180. The quantitative estimate of drug-likeness (QED) is 0.320. The summed E-state index contributed by atoms with van der Waals surface area (Å²) in [6.45, 7) is 3.62. The Balaban J connectivity index is 1.68. The van der Waals surface area contributed by atoms with Crippen LogP contribution in [0.1, 0.15) is 31.2 Å². The van der Waals surface area contributed by atoms with Gasteiger partial charge in [0, 0.05) is 10.0 Å². The molecular weight excluding hydrogens is 547 g/mol. The summed E-state index contributed by atoms with van der Waals surface area (Å²) < 4.78 is 27.7. The van der Waals surface area contributed by atoms with Crippen molar-refractivity contribution >= 4 is 39.3 Å². The summed E-state index contributed by atoms with van der Waals surface area (Å²) in [6.07, 6.45) is 1.68. The first kappa shape index (κ1) is 24.1. The van der Waals surface area contributed by atoms with E-state index in [4.69, 9.17) is 9.15 Å². The number of rotatable bonds is 5. The number of hydrogen-bond donors (Lipinski definition) is 0. The molecule has 36 heavy (non-hydrogen) atoms. The lowest BCUT2D eigenvalue weighted by atomic mass is 10.0. The second kappa shape index (κ2) is 9.83. The molecule has 0 unspecified atom stereocenters. The van der Waals surface area contributed by atoms with Crippen molar-refractivity contribution in [2.24, 2.45) is 4.99 Å². The van der Waals surface area contributed by atoms with E-state index in [1.165, 1.54) is 28.0 Å². The first-order chi connectivity index (χ1) is 17.4. The molecule has 4 aromatic rings. The zero-order chi connectivity index (χ0) is 25.4. The van der Waals surface area contributed by atoms with Crippen LogP contribution in [0, 0.1) is 5.82 Å². The van der Waals surface area contributed by atoms with Gasteiger partial charge in [-0.25, -0.2) is 14.2 Å². The molecule has 1 atom stereocenters. The first-order valence-corrected chi connectivity index (χ1v) is 12.8. The van der Waals surface area contributed by atoms with Crippen LogP contribution in [0.2, 0.25) is 0 Å². The SMILES string of the molecule is CCOC(=O)C1=C(C)N=c2s/c(=C\c3ccc(F)cc3)c(=O)n2[C@@H]1c1ccc(-c2ccc(Br)cc2)o1. The predicted molar refractivity (Wildman–Crippen MR) is 139 cm³/mol. The van der Waals surface area contributed by atoms with Crippen molar-refractivity contribution in [2.45, 2.75) is 19.9 Å². The van der Waals surface area contributed by atoms with Crippen LogP contribution >= 0.6 is 27.3 Å². The highest BCUT2D eigenvalue weighted by Crippen LogP contribution is 2.34. The number of allylic oxidation sites excluding steroid dienone is 1. The number of nitrogens with zero attached hydrogens (tertiary/aromatic N) is 2. The number of hydrogen-bond acceptors (Lipinski definition) is 6. The lowest BCUT2D eigenvalue weighted by molar-refractivity contribution is -0.139. The fourth-order valence-electron chi connectivity index (χ4n) is 4.04. The Hall–Kier alpha value is -3.56. The molecule has 0 amide bonds. The van der Waals surface area contributed by atoms with Gasteiger partial charge in [0.05, 0.1) is 22.4 Å². The van der Waals surface area contributed by atoms with E-state index in [1.54, 1.807) is 38.1 Å². The maximum Gasteiger partial charge on any atom is 0.338 e. The molecule has 3 heterocycles. The highest BCUT2D eigenvalue weighted by Gasteiger charge is 2.35. The number of ether oxygens (including phenoxy) is 1. The monoisotopic (exact) mass is 566 g/mol. The molecule has 0 N–H and O–H groups in total. The Morgan fingerprint density at radius 1 is 1.17 bits per heavy atom. The molecule has 0 saturated heterocycles. The number of benzene rings is 2. The second-order valence-electron chi connectivity index (χ2n) is 8.06. The van der Waals surface area contributed by atoms with Gasteiger partial charge in [0.25, 0.3) is 5.56 Å². The van der Waals surface area contributed by atoms with Gasteiger partial charge in [-0.15, -0.1) is 0 Å². The van der Waals surface area contributed by atoms with E-state index in [0.717, 1.165) is 10.0 Å². The van der Waals surface area contributed by atoms with Crippen molar-refractivity contribution in [1.29, 1.82) is 0 Å². The van der Waals surface area contributed by atoms with Gasteiger partial charge >= 0.3 is 5.97 Å². The van der Waals surface area contributed by atoms with Gasteiger partial charge in [-0.1, -0.05) is 51.5 Å². The van der Waals surface area contributed by atoms with Gasteiger partial charge < -0.3 is 9.15 Å². The maximum absolute atomic E-state index is 13.6. The summed E-state index contributed by atoms with van der Waals surface area (Å²) in [6, 6.07) is 16.2. The van der Waals surface area contributed by atoms with Crippen LogP contribution in [-0.2, 0) is 9.53 Å². The zero-order valence-electron chi connectivity index (χ0n) is 19.3. The van der Waals surface area contributed by atoms with Gasteiger partial charge in [0.2, 0.25) is 0 Å². The Kier molecular flexibility index (Phi) is 6.59. The van der Waals surface area contributed by atoms with E-state index >= 15 is 0 Å². The van der Waals surface area contributed by atoms with E-state index < -0.39 is 12.0 Å². The highest BCUT2D eigenvalue weighted by atomic mass is 79.9. The molecule has 6 nitrogen and oxygen atoms in total. The van der Waals surface area contributed by atoms with Gasteiger partial charge in [-0.05, 0) is 61.9 Å². The Morgan fingerprint density at radius 2 is 1.89 bits per heavy atom. The fourth-order valence-corrected chi connectivity index (χ4v) is 5.35. The number of esters is 1. The number of fused-ring (bicyclic) bond motifs is 1. The molecule has 2 aromatic carbocycles. The lowest BCUT2D eigenvalue weighted by Crippen LogP contribution is -2.39. The van der Waals surface area contributed by atoms with Crippen molar-refractivity contribution in [3.8, 4) is 11.3 Å². The lowest BCUT2D eigenvalue weighted by Gasteiger charge is -2.22. The van der Waals surface area contributed by atoms with Crippen molar-refractivity contribution in [3.63, 3.8) is 0 Å². The molecule has 9 heteroatoms. The van der Waals surface area contributed by atoms with Crippen LogP contribution in [0.3, 0.4) is 0 Å². The minimum atomic E-state index is -0.847. The first-order valence-electron chi connectivity index (χ1n) is 11.2. The van der Waals surface area contributed by atoms with E-state index in [1.807, 2.05) is 30.3 Å². The summed E-state index contributed by atoms with van der Waals surface area (Å²) in [4.78, 5) is 31.6. The molecule has 0 aliphatic carbocycles. The molecule has 0 radical (unpaired) electrons. The average Bonchev–Trinajstić information content (AvgIpc) is 3.45. The van der Waals surface area contributed by atoms with Gasteiger partial charge in [0.1, 0.15) is 23.4 Å². The molecular formula is C27H20BrFN2O4S. The summed E-state index contributed by atoms with van der Waals surface area (Å²) in [5, 5.41) is 0. The number of carbonyl (C=O) groups excluding carboxylic acids is 1. The molecule has 1 aliphatic rings. The van der Waals surface area contributed by atoms with E-state index in [0.29, 0.717) is 32.1 Å². The Labute approximate surface area is 217 Å². The molecule has 0 spiro atoms. The number of thiazole rings is 1. The molecule has 182 valence electrons. The van der Waals surface area contributed by atoms with Crippen molar-refractivity contribution in [1.82, 2.24) is 4.57 Å². The van der Waals surface area contributed by atoms with E-state index in [-0.39, 0.29) is 23.6 Å². The highest BCUT2D eigenvalue weighted by molar-refractivity contribution is 9.10. The molecule has 0 bridgehead atoms. The third-order valence-electron chi connectivity index (χ3n) is 5.71. The maximum atomic E-state index is 13.6. The van der Waals surface area contributed by atoms with Gasteiger partial charge in [0.15, 0.2) is 4.80 Å². The Morgan fingerprint density at radius 3 is 2.58 bits per heavy atom. The minimum Gasteiger partial charge on any atom is -0.463 e. The standard InChI is InChI=1S/C27H20BrFN2O4S/c1-3-34-26(33)23-15(2)30-27-31(25(32)22(36-27)14-16-4-10-19(29)11-5-16)24(23)21-13-12-20(35-21)17-6-8-18(28)9-7-17/h4-14,24H,3H2,1-2H3/b22-14-/t24-/m1/s1. The fraction of sp³-hybridized carbons (Fsp3) is 0.148. The Bertz CT molecular complexity index is 1660. The molecule has 5 rings (SSSR count). The summed E-state index contributed by atoms with van der Waals surface area (Å²) in [5.74, 6) is 0.101. The summed E-state index contributed by atoms with van der Waals surface area (Å²) in [5.41, 5.74) is 1.90. The van der Waals surface area contributed by atoms with Crippen LogP contribution in [-0.4, -0.2) is 17.1 Å². The number of carbonyl (C=O) groups is 1. The number of aromatic nitrogens is 1. The van der Waals surface area contributed by atoms with Crippen molar-refractivity contribution in [2.75, 3.05) is 6.61 Å². The average molecular weight is 567 g/mol.